The molecule has 1 aromatic carbocycles. The van der Waals surface area contributed by atoms with Crippen LogP contribution in [0.3, 0.4) is 0 Å². The van der Waals surface area contributed by atoms with E-state index in [4.69, 9.17) is 0 Å². The number of anilines is 1. The van der Waals surface area contributed by atoms with Crippen molar-refractivity contribution < 1.29 is 0 Å². The summed E-state index contributed by atoms with van der Waals surface area (Å²) in [7, 11) is 0. The number of nitrogens with zero attached hydrogens (tertiary/aromatic N) is 1. The van der Waals surface area contributed by atoms with E-state index in [-0.39, 0.29) is 0 Å². The summed E-state index contributed by atoms with van der Waals surface area (Å²) in [5.74, 6) is 0. The molecule has 3 heteroatoms. The molecule has 0 saturated heterocycles. The summed E-state index contributed by atoms with van der Waals surface area (Å²) in [6, 6.07) is 15.0. The first-order valence-electron chi connectivity index (χ1n) is 6.34. The van der Waals surface area contributed by atoms with E-state index in [0.29, 0.717) is 0 Å². The quantitative estimate of drug-likeness (QED) is 0.695. The molecular formula is C15H18BrNS. The number of benzene rings is 1. The van der Waals surface area contributed by atoms with E-state index in [1.165, 1.54) is 27.2 Å². The Kier molecular flexibility index (Phi) is 5.26. The highest BCUT2D eigenvalue weighted by molar-refractivity contribution is 9.11. The van der Waals surface area contributed by atoms with Crippen molar-refractivity contribution in [2.24, 2.45) is 0 Å². The fourth-order valence-corrected chi connectivity index (χ4v) is 3.41. The minimum atomic E-state index is 1.00. The van der Waals surface area contributed by atoms with Crippen LogP contribution in [0.5, 0.6) is 0 Å². The number of rotatable bonds is 6. The molecule has 2 rings (SSSR count). The van der Waals surface area contributed by atoms with Crippen LogP contribution in [0.15, 0.2) is 46.3 Å². The molecule has 1 nitrogen and oxygen atoms in total. The van der Waals surface area contributed by atoms with Gasteiger partial charge in [0.25, 0.3) is 0 Å². The summed E-state index contributed by atoms with van der Waals surface area (Å²) in [5, 5.41) is 0. The van der Waals surface area contributed by atoms with Gasteiger partial charge in [-0.15, -0.1) is 11.3 Å². The van der Waals surface area contributed by atoms with E-state index < -0.39 is 0 Å². The topological polar surface area (TPSA) is 3.24 Å². The molecule has 0 aliphatic rings. The number of hydrogen-bond donors (Lipinski definition) is 0. The molecule has 0 amide bonds. The lowest BCUT2D eigenvalue weighted by molar-refractivity contribution is 0.720. The Morgan fingerprint density at radius 1 is 1.11 bits per heavy atom. The maximum Gasteiger partial charge on any atom is 0.0702 e. The minimum Gasteiger partial charge on any atom is -0.366 e. The SMILES string of the molecule is CCCCN(Cc1ccc(Br)s1)c1ccccc1. The third kappa shape index (κ3) is 3.85. The molecule has 1 heterocycles. The second-order valence-corrected chi connectivity index (χ2v) is 6.86. The molecule has 0 atom stereocenters. The summed E-state index contributed by atoms with van der Waals surface area (Å²) >= 11 is 5.35. The fraction of sp³-hybridized carbons (Fsp3) is 0.333. The molecule has 18 heavy (non-hydrogen) atoms. The number of thiophene rings is 1. The summed E-state index contributed by atoms with van der Waals surface area (Å²) in [5.41, 5.74) is 1.32. The first kappa shape index (κ1) is 13.6. The highest BCUT2D eigenvalue weighted by atomic mass is 79.9. The Morgan fingerprint density at radius 3 is 2.50 bits per heavy atom. The van der Waals surface area contributed by atoms with Crippen molar-refractivity contribution >= 4 is 33.0 Å². The van der Waals surface area contributed by atoms with Crippen LogP contribution in [-0.2, 0) is 6.54 Å². The second kappa shape index (κ2) is 6.95. The number of unbranched alkanes of at least 4 members (excludes halogenated alkanes) is 1. The van der Waals surface area contributed by atoms with Gasteiger partial charge in [0.15, 0.2) is 0 Å². The Hall–Kier alpha value is -0.800. The van der Waals surface area contributed by atoms with E-state index in [2.05, 4.69) is 70.2 Å². The molecule has 1 aromatic heterocycles. The van der Waals surface area contributed by atoms with E-state index >= 15 is 0 Å². The lowest BCUT2D eigenvalue weighted by Crippen LogP contribution is -2.23. The molecular weight excluding hydrogens is 306 g/mol. The Labute approximate surface area is 122 Å². The van der Waals surface area contributed by atoms with Crippen LogP contribution >= 0.6 is 27.3 Å². The molecule has 0 aliphatic heterocycles. The van der Waals surface area contributed by atoms with Gasteiger partial charge in [-0.05, 0) is 46.6 Å². The van der Waals surface area contributed by atoms with Gasteiger partial charge in [0.2, 0.25) is 0 Å². The van der Waals surface area contributed by atoms with Crippen LogP contribution in [0.25, 0.3) is 0 Å². The largest absolute Gasteiger partial charge is 0.366 e. The van der Waals surface area contributed by atoms with E-state index in [1.807, 2.05) is 11.3 Å². The first-order chi connectivity index (χ1) is 8.79. The predicted molar refractivity (Wildman–Crippen MR) is 84.4 cm³/mol. The molecule has 0 unspecified atom stereocenters. The number of hydrogen-bond acceptors (Lipinski definition) is 2. The number of para-hydroxylation sites is 1. The average molecular weight is 324 g/mol. The smallest absolute Gasteiger partial charge is 0.0702 e. The van der Waals surface area contributed by atoms with Crippen LogP contribution in [0.2, 0.25) is 0 Å². The van der Waals surface area contributed by atoms with Crippen molar-refractivity contribution in [1.82, 2.24) is 0 Å². The fourth-order valence-electron chi connectivity index (χ4n) is 1.91. The van der Waals surface area contributed by atoms with Crippen LogP contribution in [0.4, 0.5) is 5.69 Å². The van der Waals surface area contributed by atoms with Crippen LogP contribution in [0, 0.1) is 0 Å². The Morgan fingerprint density at radius 2 is 1.89 bits per heavy atom. The molecule has 0 aliphatic carbocycles. The summed E-state index contributed by atoms with van der Waals surface area (Å²) in [4.78, 5) is 3.86. The Balaban J connectivity index is 2.10. The zero-order chi connectivity index (χ0) is 12.8. The maximum atomic E-state index is 3.53. The molecule has 96 valence electrons. The van der Waals surface area contributed by atoms with Gasteiger partial charge < -0.3 is 4.90 Å². The summed E-state index contributed by atoms with van der Waals surface area (Å²) in [6.45, 7) is 4.36. The normalized spacial score (nSPS) is 10.6. The molecule has 0 fully saturated rings. The molecule has 0 N–H and O–H groups in total. The van der Waals surface area contributed by atoms with Crippen molar-refractivity contribution in [1.29, 1.82) is 0 Å². The summed E-state index contributed by atoms with van der Waals surface area (Å²) in [6.07, 6.45) is 2.47. The van der Waals surface area contributed by atoms with E-state index in [1.54, 1.807) is 0 Å². The van der Waals surface area contributed by atoms with Crippen molar-refractivity contribution in [3.63, 3.8) is 0 Å². The zero-order valence-electron chi connectivity index (χ0n) is 10.6. The average Bonchev–Trinajstić information content (AvgIpc) is 2.81. The standard InChI is InChI=1S/C15H18BrNS/c1-2-3-11-17(13-7-5-4-6-8-13)12-14-9-10-15(16)18-14/h4-10H,2-3,11-12H2,1H3. The van der Waals surface area contributed by atoms with Gasteiger partial charge in [0, 0.05) is 17.1 Å². The van der Waals surface area contributed by atoms with Crippen molar-refractivity contribution in [3.05, 3.63) is 51.1 Å². The maximum absolute atomic E-state index is 3.53. The lowest BCUT2D eigenvalue weighted by Gasteiger charge is -2.24. The minimum absolute atomic E-state index is 1.00. The van der Waals surface area contributed by atoms with E-state index in [9.17, 15) is 0 Å². The summed E-state index contributed by atoms with van der Waals surface area (Å²) < 4.78 is 1.21. The van der Waals surface area contributed by atoms with Gasteiger partial charge in [0.1, 0.15) is 0 Å². The molecule has 0 saturated carbocycles. The number of halogens is 1. The monoisotopic (exact) mass is 323 g/mol. The zero-order valence-corrected chi connectivity index (χ0v) is 13.0. The van der Waals surface area contributed by atoms with E-state index in [0.717, 1.165) is 13.1 Å². The van der Waals surface area contributed by atoms with Crippen LogP contribution < -0.4 is 4.90 Å². The van der Waals surface area contributed by atoms with Crippen LogP contribution in [0.1, 0.15) is 24.6 Å². The highest BCUT2D eigenvalue weighted by Crippen LogP contribution is 2.25. The third-order valence-corrected chi connectivity index (χ3v) is 4.49. The van der Waals surface area contributed by atoms with Crippen molar-refractivity contribution in [3.8, 4) is 0 Å². The van der Waals surface area contributed by atoms with Gasteiger partial charge >= 0.3 is 0 Å². The lowest BCUT2D eigenvalue weighted by atomic mass is 10.2. The molecule has 0 bridgehead atoms. The first-order valence-corrected chi connectivity index (χ1v) is 7.94. The second-order valence-electron chi connectivity index (χ2n) is 4.32. The van der Waals surface area contributed by atoms with Gasteiger partial charge in [-0.25, -0.2) is 0 Å². The predicted octanol–water partition coefficient (Wildman–Crippen LogP) is 5.32. The van der Waals surface area contributed by atoms with Gasteiger partial charge in [-0.1, -0.05) is 31.5 Å². The third-order valence-electron chi connectivity index (χ3n) is 2.88. The van der Waals surface area contributed by atoms with Crippen molar-refractivity contribution in [2.45, 2.75) is 26.3 Å². The Bertz CT molecular complexity index is 466. The van der Waals surface area contributed by atoms with Gasteiger partial charge in [0.05, 0.1) is 10.3 Å². The highest BCUT2D eigenvalue weighted by Gasteiger charge is 2.08. The van der Waals surface area contributed by atoms with Gasteiger partial charge in [-0.3, -0.25) is 0 Å². The van der Waals surface area contributed by atoms with Gasteiger partial charge in [-0.2, -0.15) is 0 Å². The van der Waals surface area contributed by atoms with Crippen LogP contribution in [-0.4, -0.2) is 6.54 Å². The van der Waals surface area contributed by atoms with Crippen molar-refractivity contribution in [2.75, 3.05) is 11.4 Å². The molecule has 0 spiro atoms. The molecule has 2 aromatic rings. The molecule has 0 radical (unpaired) electrons.